The Kier molecular flexibility index (Phi) is 4.49. The Morgan fingerprint density at radius 1 is 0.600 bits per heavy atom. The average molecular weight is 209 g/mol. The van der Waals surface area contributed by atoms with Crippen LogP contribution >= 0.6 is 0 Å². The van der Waals surface area contributed by atoms with Crippen molar-refractivity contribution in [3.05, 3.63) is 0 Å². The van der Waals surface area contributed by atoms with E-state index < -0.39 is 0 Å². The summed E-state index contributed by atoms with van der Waals surface area (Å²) in [5, 5.41) is 0. The van der Waals surface area contributed by atoms with E-state index in [1.165, 1.54) is 70.6 Å². The van der Waals surface area contributed by atoms with Crippen molar-refractivity contribution in [1.29, 1.82) is 0 Å². The molecule has 0 saturated heterocycles. The van der Waals surface area contributed by atoms with Crippen molar-refractivity contribution >= 4 is 0 Å². The lowest BCUT2D eigenvalue weighted by Gasteiger charge is -2.29. The van der Waals surface area contributed by atoms with Crippen molar-refractivity contribution in [2.75, 3.05) is 0 Å². The van der Waals surface area contributed by atoms with Gasteiger partial charge >= 0.3 is 0 Å². The highest BCUT2D eigenvalue weighted by Gasteiger charge is 2.28. The van der Waals surface area contributed by atoms with Crippen LogP contribution < -0.4 is 5.73 Å². The summed E-state index contributed by atoms with van der Waals surface area (Å²) in [6, 6.07) is 0.524. The second-order valence-corrected chi connectivity index (χ2v) is 5.72. The van der Waals surface area contributed by atoms with Gasteiger partial charge in [0, 0.05) is 6.04 Å². The number of hydrogen-bond acceptors (Lipinski definition) is 1. The van der Waals surface area contributed by atoms with Crippen LogP contribution in [0.2, 0.25) is 0 Å². The van der Waals surface area contributed by atoms with Gasteiger partial charge in [0.05, 0.1) is 0 Å². The Balaban J connectivity index is 1.92. The minimum Gasteiger partial charge on any atom is -0.327 e. The molecule has 0 bridgehead atoms. The Morgan fingerprint density at radius 3 is 1.87 bits per heavy atom. The van der Waals surface area contributed by atoms with Gasteiger partial charge in [0.1, 0.15) is 0 Å². The molecule has 2 fully saturated rings. The molecule has 0 spiro atoms. The zero-order valence-corrected chi connectivity index (χ0v) is 10.1. The summed E-state index contributed by atoms with van der Waals surface area (Å²) >= 11 is 0. The summed E-state index contributed by atoms with van der Waals surface area (Å²) in [6.07, 6.45) is 15.8. The highest BCUT2D eigenvalue weighted by atomic mass is 14.7. The van der Waals surface area contributed by atoms with Crippen LogP contribution in [0.25, 0.3) is 0 Å². The van der Waals surface area contributed by atoms with E-state index in [4.69, 9.17) is 5.73 Å². The third-order valence-electron chi connectivity index (χ3n) is 4.63. The fourth-order valence-corrected chi connectivity index (χ4v) is 3.69. The molecule has 2 atom stereocenters. The first kappa shape index (κ1) is 11.4. The molecule has 2 unspecified atom stereocenters. The van der Waals surface area contributed by atoms with Gasteiger partial charge in [-0.05, 0) is 24.7 Å². The van der Waals surface area contributed by atoms with Gasteiger partial charge in [-0.2, -0.15) is 0 Å². The summed E-state index contributed by atoms with van der Waals surface area (Å²) in [7, 11) is 0. The van der Waals surface area contributed by atoms with Gasteiger partial charge in [-0.25, -0.2) is 0 Å². The molecule has 0 aliphatic heterocycles. The molecule has 0 heterocycles. The minimum atomic E-state index is 0.524. The molecule has 2 saturated carbocycles. The number of hydrogen-bond donors (Lipinski definition) is 1. The third kappa shape index (κ3) is 3.21. The average Bonchev–Trinajstić information content (AvgIpc) is 2.59. The molecule has 0 aromatic heterocycles. The smallest absolute Gasteiger partial charge is 0.00698 e. The first-order chi connectivity index (χ1) is 7.38. The van der Waals surface area contributed by atoms with E-state index in [2.05, 4.69) is 0 Å². The van der Waals surface area contributed by atoms with Gasteiger partial charge < -0.3 is 5.73 Å². The lowest BCUT2D eigenvalue weighted by molar-refractivity contribution is 0.240. The molecule has 0 radical (unpaired) electrons. The van der Waals surface area contributed by atoms with Crippen molar-refractivity contribution < 1.29 is 0 Å². The van der Waals surface area contributed by atoms with Crippen LogP contribution in [0.15, 0.2) is 0 Å². The predicted octanol–water partition coefficient (Wildman–Crippen LogP) is 3.86. The molecule has 88 valence electrons. The normalized spacial score (nSPS) is 35.8. The fourth-order valence-electron chi connectivity index (χ4n) is 3.69. The fraction of sp³-hybridized carbons (Fsp3) is 1.00. The van der Waals surface area contributed by atoms with Crippen molar-refractivity contribution in [1.82, 2.24) is 0 Å². The van der Waals surface area contributed by atoms with Crippen LogP contribution in [-0.2, 0) is 0 Å². The lowest BCUT2D eigenvalue weighted by Crippen LogP contribution is -2.34. The first-order valence-electron chi connectivity index (χ1n) is 7.13. The van der Waals surface area contributed by atoms with Gasteiger partial charge in [-0.3, -0.25) is 0 Å². The number of rotatable bonds is 1. The summed E-state index contributed by atoms with van der Waals surface area (Å²) in [4.78, 5) is 0. The zero-order chi connectivity index (χ0) is 10.5. The Morgan fingerprint density at radius 2 is 1.13 bits per heavy atom. The van der Waals surface area contributed by atoms with Gasteiger partial charge in [0.25, 0.3) is 0 Å². The van der Waals surface area contributed by atoms with Crippen molar-refractivity contribution in [2.45, 2.75) is 76.7 Å². The van der Waals surface area contributed by atoms with E-state index in [9.17, 15) is 0 Å². The predicted molar refractivity (Wildman–Crippen MR) is 65.7 cm³/mol. The third-order valence-corrected chi connectivity index (χ3v) is 4.63. The lowest BCUT2D eigenvalue weighted by atomic mass is 9.79. The summed E-state index contributed by atoms with van der Waals surface area (Å²) in [5.74, 6) is 1.84. The highest BCUT2D eigenvalue weighted by molar-refractivity contribution is 4.83. The van der Waals surface area contributed by atoms with E-state index in [0.29, 0.717) is 6.04 Å². The second kappa shape index (κ2) is 5.89. The Labute approximate surface area is 94.8 Å². The summed E-state index contributed by atoms with van der Waals surface area (Å²) in [5.41, 5.74) is 6.36. The summed E-state index contributed by atoms with van der Waals surface area (Å²) in [6.45, 7) is 0. The molecule has 2 aliphatic carbocycles. The van der Waals surface area contributed by atoms with Crippen LogP contribution in [0.4, 0.5) is 0 Å². The molecule has 2 rings (SSSR count). The van der Waals surface area contributed by atoms with Crippen LogP contribution in [0.1, 0.15) is 70.6 Å². The van der Waals surface area contributed by atoms with E-state index in [1.807, 2.05) is 0 Å². The molecule has 2 aliphatic rings. The molecule has 1 heteroatoms. The Bertz CT molecular complexity index is 170. The minimum absolute atomic E-state index is 0.524. The molecule has 0 aromatic rings. The van der Waals surface area contributed by atoms with Gasteiger partial charge in [0.15, 0.2) is 0 Å². The largest absolute Gasteiger partial charge is 0.327 e. The van der Waals surface area contributed by atoms with Gasteiger partial charge in [-0.15, -0.1) is 0 Å². The standard InChI is InChI=1S/C14H27N/c15-14-11-7-3-6-10-13(14)12-8-4-1-2-5-9-12/h12-14H,1-11,15H2. The van der Waals surface area contributed by atoms with E-state index in [-0.39, 0.29) is 0 Å². The molecule has 2 N–H and O–H groups in total. The van der Waals surface area contributed by atoms with Crippen LogP contribution in [0.3, 0.4) is 0 Å². The van der Waals surface area contributed by atoms with Crippen molar-refractivity contribution in [3.8, 4) is 0 Å². The van der Waals surface area contributed by atoms with Crippen molar-refractivity contribution in [3.63, 3.8) is 0 Å². The van der Waals surface area contributed by atoms with Crippen LogP contribution in [0.5, 0.6) is 0 Å². The maximum atomic E-state index is 6.36. The highest BCUT2D eigenvalue weighted by Crippen LogP contribution is 2.36. The van der Waals surface area contributed by atoms with Gasteiger partial charge in [-0.1, -0.05) is 57.8 Å². The Hall–Kier alpha value is -0.0400. The quantitative estimate of drug-likeness (QED) is 0.652. The first-order valence-corrected chi connectivity index (χ1v) is 7.13. The SMILES string of the molecule is NC1CCCCCC1C1CCCCCC1. The monoisotopic (exact) mass is 209 g/mol. The van der Waals surface area contributed by atoms with E-state index in [1.54, 1.807) is 0 Å². The van der Waals surface area contributed by atoms with E-state index >= 15 is 0 Å². The maximum absolute atomic E-state index is 6.36. The summed E-state index contributed by atoms with van der Waals surface area (Å²) < 4.78 is 0. The van der Waals surface area contributed by atoms with Gasteiger partial charge in [0.2, 0.25) is 0 Å². The molecule has 0 amide bonds. The zero-order valence-electron chi connectivity index (χ0n) is 10.1. The molecule has 15 heavy (non-hydrogen) atoms. The molecule has 1 nitrogen and oxygen atoms in total. The topological polar surface area (TPSA) is 26.0 Å². The molecular weight excluding hydrogens is 182 g/mol. The number of nitrogens with two attached hydrogens (primary N) is 1. The second-order valence-electron chi connectivity index (χ2n) is 5.72. The van der Waals surface area contributed by atoms with Crippen LogP contribution in [0, 0.1) is 11.8 Å². The maximum Gasteiger partial charge on any atom is 0.00698 e. The molecular formula is C14H27N. The van der Waals surface area contributed by atoms with Crippen molar-refractivity contribution in [2.24, 2.45) is 17.6 Å². The molecule has 0 aromatic carbocycles. The van der Waals surface area contributed by atoms with Crippen LogP contribution in [-0.4, -0.2) is 6.04 Å². The van der Waals surface area contributed by atoms with E-state index in [0.717, 1.165) is 11.8 Å².